The van der Waals surface area contributed by atoms with E-state index in [0.717, 1.165) is 16.6 Å². The average molecular weight is 775 g/mol. The monoisotopic (exact) mass is 774 g/mol. The van der Waals surface area contributed by atoms with Crippen LogP contribution in [0.25, 0.3) is 5.69 Å². The number of pyridine rings is 1. The standard InChI is InChI=1S/C38H26BN3OSi.Pt/c1-3-15-32(16-4-1)44(33-17-5-2-6-18-33)36-20-8-7-19-34(36)39(29-13-11-14-30(27-29)42-26-12-25-41-42)35-28-31(22-23-37(35)44)43-38-21-9-10-24-40-38;/h1-26H;/q-2;+2. The minimum atomic E-state index is -2.77. The van der Waals surface area contributed by atoms with E-state index >= 15 is 0 Å². The van der Waals surface area contributed by atoms with Crippen LogP contribution in [0.2, 0.25) is 0 Å². The van der Waals surface area contributed by atoms with Gasteiger partial charge in [-0.15, -0.1) is 18.2 Å². The normalized spacial score (nSPS) is 12.8. The van der Waals surface area contributed by atoms with Crippen LogP contribution in [0.3, 0.4) is 0 Å². The molecule has 1 aliphatic rings. The zero-order valence-corrected chi connectivity index (χ0v) is 27.4. The third-order valence-corrected chi connectivity index (χ3v) is 13.4. The first-order valence-electron chi connectivity index (χ1n) is 14.7. The van der Waals surface area contributed by atoms with E-state index in [2.05, 4.69) is 131 Å². The van der Waals surface area contributed by atoms with Gasteiger partial charge in [0.15, 0.2) is 6.71 Å². The van der Waals surface area contributed by atoms with Gasteiger partial charge in [-0.3, -0.25) is 4.68 Å². The van der Waals surface area contributed by atoms with E-state index in [9.17, 15) is 0 Å². The van der Waals surface area contributed by atoms with Gasteiger partial charge >= 0.3 is 21.1 Å². The minimum Gasteiger partial charge on any atom is -0.466 e. The first kappa shape index (κ1) is 29.0. The number of rotatable bonds is 6. The Morgan fingerprint density at radius 1 is 0.622 bits per heavy atom. The van der Waals surface area contributed by atoms with Crippen molar-refractivity contribution >= 4 is 51.9 Å². The zero-order valence-electron chi connectivity index (χ0n) is 24.2. The number of hydrogen-bond donors (Lipinski definition) is 0. The van der Waals surface area contributed by atoms with Crippen molar-refractivity contribution in [1.29, 1.82) is 0 Å². The smallest absolute Gasteiger partial charge is 0.466 e. The molecule has 5 aromatic carbocycles. The third-order valence-electron chi connectivity index (χ3n) is 8.45. The van der Waals surface area contributed by atoms with E-state index in [-0.39, 0.29) is 27.8 Å². The van der Waals surface area contributed by atoms with E-state index < -0.39 is 8.07 Å². The van der Waals surface area contributed by atoms with Crippen molar-refractivity contribution in [3.63, 3.8) is 0 Å². The van der Waals surface area contributed by atoms with Gasteiger partial charge in [-0.05, 0) is 17.8 Å². The molecule has 45 heavy (non-hydrogen) atoms. The predicted molar refractivity (Wildman–Crippen MR) is 180 cm³/mol. The van der Waals surface area contributed by atoms with Crippen molar-refractivity contribution in [1.82, 2.24) is 14.8 Å². The molecule has 2 aromatic heterocycles. The Kier molecular flexibility index (Phi) is 7.93. The molecule has 0 fully saturated rings. The second-order valence-corrected chi connectivity index (χ2v) is 14.6. The van der Waals surface area contributed by atoms with E-state index in [1.807, 2.05) is 41.2 Å². The zero-order chi connectivity index (χ0) is 29.3. The summed E-state index contributed by atoms with van der Waals surface area (Å²) in [6, 6.07) is 56.7. The van der Waals surface area contributed by atoms with Crippen LogP contribution >= 0.6 is 0 Å². The molecular weight excluding hydrogens is 748 g/mol. The number of ether oxygens (including phenoxy) is 1. The quantitative estimate of drug-likeness (QED) is 0.193. The van der Waals surface area contributed by atoms with E-state index in [1.54, 1.807) is 12.4 Å². The van der Waals surface area contributed by atoms with Gasteiger partial charge in [0.2, 0.25) is 5.88 Å². The summed E-state index contributed by atoms with van der Waals surface area (Å²) in [5.74, 6) is 1.18. The first-order valence-corrected chi connectivity index (χ1v) is 16.7. The predicted octanol–water partition coefficient (Wildman–Crippen LogP) is 2.86. The third kappa shape index (κ3) is 5.01. The SMILES string of the molecule is [Pt+2].[c-]1c(B2c3[c-]c(Oc4ccccn4)ccc3[Si](c3ccccc3)(c3ccccc3)c3ccccc32)cccc1-n1cccn1. The number of benzene rings is 5. The maximum atomic E-state index is 6.30. The van der Waals surface area contributed by atoms with Crippen LogP contribution in [0.4, 0.5) is 0 Å². The molecule has 8 rings (SSSR count). The van der Waals surface area contributed by atoms with Gasteiger partial charge in [0.1, 0.15) is 8.07 Å². The minimum absolute atomic E-state index is 0. The van der Waals surface area contributed by atoms with Crippen molar-refractivity contribution < 1.29 is 25.8 Å². The molecule has 0 unspecified atom stereocenters. The summed E-state index contributed by atoms with van der Waals surface area (Å²) in [4.78, 5) is 4.41. The van der Waals surface area contributed by atoms with Gasteiger partial charge in [0.25, 0.3) is 0 Å². The second kappa shape index (κ2) is 12.3. The molecule has 1 aliphatic heterocycles. The Bertz CT molecular complexity index is 2020. The maximum Gasteiger partial charge on any atom is 2.00 e. The van der Waals surface area contributed by atoms with Crippen LogP contribution in [0.1, 0.15) is 0 Å². The molecule has 3 heterocycles. The molecule has 0 radical (unpaired) electrons. The summed E-state index contributed by atoms with van der Waals surface area (Å²) in [6.07, 6.45) is 5.48. The fourth-order valence-corrected chi connectivity index (χ4v) is 11.9. The number of fused-ring (bicyclic) bond motifs is 2. The van der Waals surface area contributed by atoms with Crippen LogP contribution in [0, 0.1) is 12.1 Å². The van der Waals surface area contributed by atoms with Gasteiger partial charge < -0.3 is 4.74 Å². The van der Waals surface area contributed by atoms with Gasteiger partial charge in [-0.2, -0.15) is 45.5 Å². The molecule has 4 nitrogen and oxygen atoms in total. The molecule has 0 spiro atoms. The van der Waals surface area contributed by atoms with Crippen LogP contribution < -0.4 is 41.9 Å². The summed E-state index contributed by atoms with van der Waals surface area (Å²) < 4.78 is 8.16. The molecule has 0 amide bonds. The fourth-order valence-electron chi connectivity index (χ4n) is 6.69. The van der Waals surface area contributed by atoms with Crippen LogP contribution in [0.5, 0.6) is 11.6 Å². The largest absolute Gasteiger partial charge is 2.00 e. The molecule has 0 atom stereocenters. The van der Waals surface area contributed by atoms with Crippen molar-refractivity contribution in [3.8, 4) is 17.3 Å². The summed E-state index contributed by atoms with van der Waals surface area (Å²) >= 11 is 0. The maximum absolute atomic E-state index is 6.30. The van der Waals surface area contributed by atoms with E-state index in [0.29, 0.717) is 11.6 Å². The summed E-state index contributed by atoms with van der Waals surface area (Å²) in [5, 5.41) is 9.82. The molecular formula is C38H26BN3OPtSi. The van der Waals surface area contributed by atoms with E-state index in [1.165, 1.54) is 26.2 Å². The molecule has 0 saturated heterocycles. The fraction of sp³-hybridized carbons (Fsp3) is 0. The second-order valence-electron chi connectivity index (χ2n) is 10.9. The van der Waals surface area contributed by atoms with Crippen LogP contribution in [-0.4, -0.2) is 29.6 Å². The Balaban J connectivity index is 0.00000325. The van der Waals surface area contributed by atoms with Crippen LogP contribution in [-0.2, 0) is 21.1 Å². The van der Waals surface area contributed by atoms with Gasteiger partial charge in [-0.1, -0.05) is 112 Å². The molecule has 7 aromatic rings. The number of nitrogens with zero attached hydrogens (tertiary/aromatic N) is 3. The van der Waals surface area contributed by atoms with Gasteiger partial charge in [-0.25, -0.2) is 4.98 Å². The number of aromatic nitrogens is 3. The van der Waals surface area contributed by atoms with Gasteiger partial charge in [0.05, 0.1) is 0 Å². The summed E-state index contributed by atoms with van der Waals surface area (Å²) in [5.41, 5.74) is 4.32. The average Bonchev–Trinajstić information content (AvgIpc) is 3.64. The summed E-state index contributed by atoms with van der Waals surface area (Å²) in [6.45, 7) is -0.114. The molecule has 7 heteroatoms. The Hall–Kier alpha value is -4.77. The van der Waals surface area contributed by atoms with Crippen molar-refractivity contribution in [3.05, 3.63) is 170 Å². The summed E-state index contributed by atoms with van der Waals surface area (Å²) in [7, 11) is -2.77. The topological polar surface area (TPSA) is 39.9 Å². The van der Waals surface area contributed by atoms with Crippen molar-refractivity contribution in [2.45, 2.75) is 0 Å². The van der Waals surface area contributed by atoms with E-state index in [4.69, 9.17) is 4.74 Å². The van der Waals surface area contributed by atoms with Crippen LogP contribution in [0.15, 0.2) is 158 Å². The Morgan fingerprint density at radius 3 is 2.07 bits per heavy atom. The Morgan fingerprint density at radius 2 is 1.36 bits per heavy atom. The molecule has 0 aliphatic carbocycles. The molecule has 0 bridgehead atoms. The van der Waals surface area contributed by atoms with Crippen molar-refractivity contribution in [2.75, 3.05) is 0 Å². The number of hydrogen-bond acceptors (Lipinski definition) is 3. The Labute approximate surface area is 278 Å². The van der Waals surface area contributed by atoms with Crippen molar-refractivity contribution in [2.24, 2.45) is 0 Å². The first-order chi connectivity index (χ1) is 21.8. The molecule has 216 valence electrons. The molecule has 0 N–H and O–H groups in total. The van der Waals surface area contributed by atoms with Gasteiger partial charge in [0, 0.05) is 30.4 Å². The molecule has 0 saturated carbocycles.